The second-order valence-corrected chi connectivity index (χ2v) is 7.57. The zero-order valence-corrected chi connectivity index (χ0v) is 17.5. The van der Waals surface area contributed by atoms with Gasteiger partial charge in [-0.25, -0.2) is 0 Å². The third kappa shape index (κ3) is 6.91. The number of thioether (sulfide) groups is 1. The van der Waals surface area contributed by atoms with E-state index < -0.39 is 0 Å². The minimum Gasteiger partial charge on any atom is -0.353 e. The number of halogens is 2. The van der Waals surface area contributed by atoms with E-state index >= 15 is 0 Å². The maximum absolute atomic E-state index is 12.9. The van der Waals surface area contributed by atoms with Crippen LogP contribution in [0.15, 0.2) is 30.3 Å². The van der Waals surface area contributed by atoms with Crippen LogP contribution in [0.4, 0.5) is 0 Å². The van der Waals surface area contributed by atoms with E-state index in [1.807, 2.05) is 30.0 Å². The molecule has 2 aliphatic heterocycles. The number of piperazine rings is 1. The average molecular weight is 421 g/mol. The Morgan fingerprint density at radius 2 is 1.73 bits per heavy atom. The first-order chi connectivity index (χ1) is 11.8. The van der Waals surface area contributed by atoms with Gasteiger partial charge in [0, 0.05) is 63.9 Å². The lowest BCUT2D eigenvalue weighted by Crippen LogP contribution is -2.48. The van der Waals surface area contributed by atoms with E-state index in [1.54, 1.807) is 0 Å². The van der Waals surface area contributed by atoms with Crippen LogP contribution in [-0.2, 0) is 4.79 Å². The summed E-state index contributed by atoms with van der Waals surface area (Å²) < 4.78 is 0. The van der Waals surface area contributed by atoms with Crippen LogP contribution in [0.5, 0.6) is 0 Å². The maximum Gasteiger partial charge on any atom is 0.242 e. The molecule has 148 valence electrons. The molecule has 1 aromatic rings. The summed E-state index contributed by atoms with van der Waals surface area (Å²) in [6.45, 7) is 7.86. The summed E-state index contributed by atoms with van der Waals surface area (Å²) in [5.74, 6) is 2.36. The van der Waals surface area contributed by atoms with Crippen LogP contribution >= 0.6 is 36.6 Å². The van der Waals surface area contributed by atoms with Crippen molar-refractivity contribution >= 4 is 42.5 Å². The summed E-state index contributed by atoms with van der Waals surface area (Å²) in [6.07, 6.45) is 0. The number of nitrogens with one attached hydrogen (secondary N) is 2. The topological polar surface area (TPSA) is 47.6 Å². The molecule has 2 N–H and O–H groups in total. The van der Waals surface area contributed by atoms with Crippen LogP contribution in [-0.4, -0.2) is 79.6 Å². The quantitative estimate of drug-likeness (QED) is 0.732. The molecule has 2 fully saturated rings. The molecule has 2 heterocycles. The smallest absolute Gasteiger partial charge is 0.242 e. The van der Waals surface area contributed by atoms with Crippen molar-refractivity contribution in [2.24, 2.45) is 0 Å². The number of hydrogen-bond donors (Lipinski definition) is 2. The van der Waals surface area contributed by atoms with Crippen LogP contribution in [0.3, 0.4) is 0 Å². The van der Waals surface area contributed by atoms with Gasteiger partial charge in [-0.1, -0.05) is 30.3 Å². The molecule has 2 aliphatic rings. The van der Waals surface area contributed by atoms with Crippen LogP contribution in [0.1, 0.15) is 11.6 Å². The molecule has 5 nitrogen and oxygen atoms in total. The Balaban J connectivity index is 0.00000169. The third-order valence-electron chi connectivity index (χ3n) is 4.71. The molecule has 1 aromatic carbocycles. The van der Waals surface area contributed by atoms with Gasteiger partial charge in [0.05, 0.1) is 0 Å². The van der Waals surface area contributed by atoms with Crippen molar-refractivity contribution in [1.29, 1.82) is 0 Å². The standard InChI is InChI=1S/C18H28N4OS.2ClH/c23-18(20-8-11-21-9-6-19-7-10-21)17(16-4-2-1-3-5-16)22-12-14-24-15-13-22;;/h1-5,17,19H,6-15H2,(H,20,23);2*1H. The fraction of sp³-hybridized carbons (Fsp3) is 0.611. The molecule has 26 heavy (non-hydrogen) atoms. The van der Waals surface area contributed by atoms with Gasteiger partial charge in [-0.05, 0) is 5.56 Å². The largest absolute Gasteiger partial charge is 0.353 e. The van der Waals surface area contributed by atoms with Crippen LogP contribution < -0.4 is 10.6 Å². The summed E-state index contributed by atoms with van der Waals surface area (Å²) in [5, 5.41) is 6.54. The van der Waals surface area contributed by atoms with E-state index in [1.165, 1.54) is 0 Å². The van der Waals surface area contributed by atoms with Crippen LogP contribution in [0.2, 0.25) is 0 Å². The number of benzene rings is 1. The molecule has 2 saturated heterocycles. The highest BCUT2D eigenvalue weighted by Crippen LogP contribution is 2.24. The van der Waals surface area contributed by atoms with Gasteiger partial charge in [0.2, 0.25) is 5.91 Å². The van der Waals surface area contributed by atoms with E-state index in [-0.39, 0.29) is 36.8 Å². The summed E-state index contributed by atoms with van der Waals surface area (Å²) in [4.78, 5) is 17.6. The lowest BCUT2D eigenvalue weighted by atomic mass is 10.0. The van der Waals surface area contributed by atoms with Crippen LogP contribution in [0, 0.1) is 0 Å². The number of hydrogen-bond acceptors (Lipinski definition) is 5. The first-order valence-corrected chi connectivity index (χ1v) is 10.1. The minimum absolute atomic E-state index is 0. The van der Waals surface area contributed by atoms with Gasteiger partial charge in [-0.2, -0.15) is 11.8 Å². The Bertz CT molecular complexity index is 511. The molecule has 0 aliphatic carbocycles. The molecule has 0 spiro atoms. The monoisotopic (exact) mass is 420 g/mol. The lowest BCUT2D eigenvalue weighted by Gasteiger charge is -2.34. The summed E-state index contributed by atoms with van der Waals surface area (Å²) in [7, 11) is 0. The van der Waals surface area contributed by atoms with Gasteiger partial charge >= 0.3 is 0 Å². The Morgan fingerprint density at radius 1 is 1.08 bits per heavy atom. The molecule has 0 saturated carbocycles. The molecule has 3 rings (SSSR count). The highest BCUT2D eigenvalue weighted by molar-refractivity contribution is 7.99. The van der Waals surface area contributed by atoms with E-state index in [0.717, 1.165) is 69.4 Å². The Labute approximate surface area is 173 Å². The number of carbonyl (C=O) groups excluding carboxylic acids is 1. The highest BCUT2D eigenvalue weighted by Gasteiger charge is 2.28. The van der Waals surface area contributed by atoms with Crippen molar-refractivity contribution in [2.45, 2.75) is 6.04 Å². The fourth-order valence-electron chi connectivity index (χ4n) is 3.37. The molecular formula is C18H30Cl2N4OS. The third-order valence-corrected chi connectivity index (χ3v) is 5.65. The number of carbonyl (C=O) groups is 1. The second kappa shape index (κ2) is 12.8. The van der Waals surface area contributed by atoms with Crippen molar-refractivity contribution in [3.05, 3.63) is 35.9 Å². The lowest BCUT2D eigenvalue weighted by molar-refractivity contribution is -0.126. The normalized spacial score (nSPS) is 19.7. The molecule has 1 atom stereocenters. The number of rotatable bonds is 6. The van der Waals surface area contributed by atoms with E-state index in [4.69, 9.17) is 0 Å². The molecular weight excluding hydrogens is 391 g/mol. The molecule has 0 radical (unpaired) electrons. The first kappa shape index (κ1) is 23.5. The van der Waals surface area contributed by atoms with Crippen molar-refractivity contribution in [3.63, 3.8) is 0 Å². The van der Waals surface area contributed by atoms with E-state index in [0.29, 0.717) is 0 Å². The van der Waals surface area contributed by atoms with Crippen molar-refractivity contribution in [3.8, 4) is 0 Å². The molecule has 0 aromatic heterocycles. The zero-order valence-electron chi connectivity index (χ0n) is 15.1. The maximum atomic E-state index is 12.9. The first-order valence-electron chi connectivity index (χ1n) is 8.92. The predicted octanol–water partition coefficient (Wildman–Crippen LogP) is 1.64. The second-order valence-electron chi connectivity index (χ2n) is 6.34. The van der Waals surface area contributed by atoms with Gasteiger partial charge in [0.25, 0.3) is 0 Å². The fourth-order valence-corrected chi connectivity index (χ4v) is 4.30. The Morgan fingerprint density at radius 3 is 2.38 bits per heavy atom. The van der Waals surface area contributed by atoms with Gasteiger partial charge in [-0.15, -0.1) is 24.8 Å². The van der Waals surface area contributed by atoms with E-state index in [9.17, 15) is 4.79 Å². The Kier molecular flexibility index (Phi) is 11.6. The average Bonchev–Trinajstić information content (AvgIpc) is 2.65. The van der Waals surface area contributed by atoms with Gasteiger partial charge in [0.1, 0.15) is 6.04 Å². The van der Waals surface area contributed by atoms with Gasteiger partial charge in [0.15, 0.2) is 0 Å². The Hall–Kier alpha value is -0.500. The van der Waals surface area contributed by atoms with Crippen molar-refractivity contribution in [2.75, 3.05) is 63.9 Å². The summed E-state index contributed by atoms with van der Waals surface area (Å²) in [5.41, 5.74) is 1.10. The number of amides is 1. The van der Waals surface area contributed by atoms with E-state index in [2.05, 4.69) is 32.6 Å². The zero-order chi connectivity index (χ0) is 16.6. The summed E-state index contributed by atoms with van der Waals surface area (Å²) >= 11 is 1.97. The van der Waals surface area contributed by atoms with Crippen molar-refractivity contribution < 1.29 is 4.79 Å². The van der Waals surface area contributed by atoms with Gasteiger partial charge in [-0.3, -0.25) is 14.6 Å². The summed E-state index contributed by atoms with van der Waals surface area (Å²) in [6, 6.07) is 10.0. The highest BCUT2D eigenvalue weighted by atomic mass is 35.5. The number of nitrogens with zero attached hydrogens (tertiary/aromatic N) is 2. The minimum atomic E-state index is -0.157. The van der Waals surface area contributed by atoms with Crippen molar-refractivity contribution in [1.82, 2.24) is 20.4 Å². The predicted molar refractivity (Wildman–Crippen MR) is 115 cm³/mol. The van der Waals surface area contributed by atoms with Crippen LogP contribution in [0.25, 0.3) is 0 Å². The molecule has 0 bridgehead atoms. The molecule has 1 amide bonds. The molecule has 1 unspecified atom stereocenters. The van der Waals surface area contributed by atoms with Gasteiger partial charge < -0.3 is 10.6 Å². The molecule has 8 heteroatoms. The SMILES string of the molecule is Cl.Cl.O=C(NCCN1CCNCC1)C(c1ccccc1)N1CCSCC1.